The highest BCUT2D eigenvalue weighted by Gasteiger charge is 2.29. The number of aromatic nitrogens is 3. The summed E-state index contributed by atoms with van der Waals surface area (Å²) in [7, 11) is 0. The fraction of sp³-hybridized carbons (Fsp3) is 0.250. The standard InChI is InChI=1S/C12H14ClN5O2/c1-2-20-11(19)9(7-3-5-8(13)6-4-7)10-16-17-12(14)18(10)15/h3-6,9H,2,15H2,1H3,(H2,14,17). The minimum atomic E-state index is -0.804. The van der Waals surface area contributed by atoms with Crippen molar-refractivity contribution in [2.24, 2.45) is 0 Å². The molecule has 7 nitrogen and oxygen atoms in total. The molecule has 0 amide bonds. The maximum Gasteiger partial charge on any atom is 0.321 e. The molecule has 0 bridgehead atoms. The van der Waals surface area contributed by atoms with E-state index >= 15 is 0 Å². The van der Waals surface area contributed by atoms with Crippen LogP contribution in [0.1, 0.15) is 24.2 Å². The van der Waals surface area contributed by atoms with E-state index in [1.54, 1.807) is 31.2 Å². The van der Waals surface area contributed by atoms with Crippen LogP contribution in [0.3, 0.4) is 0 Å². The van der Waals surface area contributed by atoms with Gasteiger partial charge in [0.1, 0.15) is 5.92 Å². The van der Waals surface area contributed by atoms with Gasteiger partial charge in [0.2, 0.25) is 5.95 Å². The van der Waals surface area contributed by atoms with Gasteiger partial charge in [-0.2, -0.15) is 0 Å². The summed E-state index contributed by atoms with van der Waals surface area (Å²) in [5.41, 5.74) is 6.19. The second kappa shape index (κ2) is 5.79. The Bertz CT molecular complexity index is 611. The number of nitrogen functional groups attached to an aromatic ring is 2. The summed E-state index contributed by atoms with van der Waals surface area (Å²) in [5, 5.41) is 8.06. The van der Waals surface area contributed by atoms with E-state index in [9.17, 15) is 4.79 Å². The fourth-order valence-electron chi connectivity index (χ4n) is 1.78. The molecular weight excluding hydrogens is 282 g/mol. The number of rotatable bonds is 4. The smallest absolute Gasteiger partial charge is 0.321 e. The van der Waals surface area contributed by atoms with Gasteiger partial charge >= 0.3 is 5.97 Å². The number of nitrogens with two attached hydrogens (primary N) is 2. The molecule has 0 aliphatic heterocycles. The normalized spacial score (nSPS) is 12.1. The van der Waals surface area contributed by atoms with Crippen molar-refractivity contribution in [3.63, 3.8) is 0 Å². The lowest BCUT2D eigenvalue weighted by Crippen LogP contribution is -2.25. The molecule has 0 aliphatic rings. The quantitative estimate of drug-likeness (QED) is 0.641. The number of nitrogens with zero attached hydrogens (tertiary/aromatic N) is 3. The van der Waals surface area contributed by atoms with E-state index in [-0.39, 0.29) is 18.4 Å². The first-order valence-electron chi connectivity index (χ1n) is 5.92. The lowest BCUT2D eigenvalue weighted by atomic mass is 9.98. The molecule has 20 heavy (non-hydrogen) atoms. The van der Waals surface area contributed by atoms with Gasteiger partial charge in [0.05, 0.1) is 6.61 Å². The number of halogens is 1. The molecular formula is C12H14ClN5O2. The van der Waals surface area contributed by atoms with Crippen LogP contribution < -0.4 is 11.6 Å². The molecule has 0 spiro atoms. The number of carbonyl (C=O) groups excluding carboxylic acids is 1. The molecule has 106 valence electrons. The highest BCUT2D eigenvalue weighted by atomic mass is 35.5. The Balaban J connectivity index is 2.47. The summed E-state index contributed by atoms with van der Waals surface area (Å²) in [4.78, 5) is 12.2. The highest BCUT2D eigenvalue weighted by molar-refractivity contribution is 6.30. The first kappa shape index (κ1) is 14.1. The lowest BCUT2D eigenvalue weighted by Gasteiger charge is -2.15. The zero-order chi connectivity index (χ0) is 14.7. The molecule has 0 radical (unpaired) electrons. The molecule has 1 aromatic heterocycles. The third kappa shape index (κ3) is 2.67. The van der Waals surface area contributed by atoms with Crippen LogP contribution in [-0.4, -0.2) is 27.4 Å². The average Bonchev–Trinajstić information content (AvgIpc) is 2.74. The number of hydrogen-bond donors (Lipinski definition) is 2. The van der Waals surface area contributed by atoms with Gasteiger partial charge in [-0.15, -0.1) is 10.2 Å². The number of ether oxygens (including phenoxy) is 1. The molecule has 1 aromatic carbocycles. The van der Waals surface area contributed by atoms with Gasteiger partial charge in [-0.25, -0.2) is 4.68 Å². The second-order valence-electron chi connectivity index (χ2n) is 4.02. The van der Waals surface area contributed by atoms with Gasteiger partial charge in [-0.05, 0) is 24.6 Å². The molecule has 1 heterocycles. The zero-order valence-corrected chi connectivity index (χ0v) is 11.5. The minimum absolute atomic E-state index is 0.0169. The summed E-state index contributed by atoms with van der Waals surface area (Å²) in [5.74, 6) is 4.68. The summed E-state index contributed by atoms with van der Waals surface area (Å²) in [6.45, 7) is 1.97. The summed E-state index contributed by atoms with van der Waals surface area (Å²) in [6.07, 6.45) is 0. The molecule has 4 N–H and O–H groups in total. The average molecular weight is 296 g/mol. The zero-order valence-electron chi connectivity index (χ0n) is 10.8. The number of hydrogen-bond acceptors (Lipinski definition) is 6. The van der Waals surface area contributed by atoms with Crippen molar-refractivity contribution in [3.05, 3.63) is 40.7 Å². The number of carbonyl (C=O) groups is 1. The molecule has 0 fully saturated rings. The van der Waals surface area contributed by atoms with Crippen LogP contribution in [0.5, 0.6) is 0 Å². The maximum absolute atomic E-state index is 12.2. The van der Waals surface area contributed by atoms with E-state index in [4.69, 9.17) is 27.9 Å². The van der Waals surface area contributed by atoms with Crippen LogP contribution >= 0.6 is 11.6 Å². The third-order valence-electron chi connectivity index (χ3n) is 2.73. The molecule has 1 unspecified atom stereocenters. The largest absolute Gasteiger partial charge is 0.465 e. The first-order valence-corrected chi connectivity index (χ1v) is 6.30. The maximum atomic E-state index is 12.2. The summed E-state index contributed by atoms with van der Waals surface area (Å²) >= 11 is 5.84. The molecule has 0 saturated carbocycles. The minimum Gasteiger partial charge on any atom is -0.465 e. The van der Waals surface area contributed by atoms with Crippen LogP contribution in [0.2, 0.25) is 5.02 Å². The van der Waals surface area contributed by atoms with Crippen molar-refractivity contribution in [2.75, 3.05) is 18.2 Å². The van der Waals surface area contributed by atoms with E-state index in [2.05, 4.69) is 10.2 Å². The Kier molecular flexibility index (Phi) is 4.09. The van der Waals surface area contributed by atoms with E-state index in [0.29, 0.717) is 10.6 Å². The van der Waals surface area contributed by atoms with Crippen molar-refractivity contribution >= 4 is 23.5 Å². The topological polar surface area (TPSA) is 109 Å². The summed E-state index contributed by atoms with van der Waals surface area (Å²) in [6, 6.07) is 6.75. The summed E-state index contributed by atoms with van der Waals surface area (Å²) < 4.78 is 6.12. The Morgan fingerprint density at radius 1 is 1.40 bits per heavy atom. The SMILES string of the molecule is CCOC(=O)C(c1ccc(Cl)cc1)c1nnc(N)n1N. The molecule has 2 aromatic rings. The Hall–Kier alpha value is -2.28. The van der Waals surface area contributed by atoms with Gasteiger partial charge < -0.3 is 16.3 Å². The van der Waals surface area contributed by atoms with Gasteiger partial charge in [-0.3, -0.25) is 4.79 Å². The highest BCUT2D eigenvalue weighted by Crippen LogP contribution is 2.26. The van der Waals surface area contributed by atoms with Crippen LogP contribution in [0.4, 0.5) is 5.95 Å². The van der Waals surface area contributed by atoms with Gasteiger partial charge in [-0.1, -0.05) is 23.7 Å². The predicted molar refractivity (Wildman–Crippen MR) is 74.5 cm³/mol. The molecule has 0 aliphatic carbocycles. The van der Waals surface area contributed by atoms with Crippen molar-refractivity contribution in [1.29, 1.82) is 0 Å². The number of esters is 1. The fourth-order valence-corrected chi connectivity index (χ4v) is 1.91. The first-order chi connectivity index (χ1) is 9.54. The van der Waals surface area contributed by atoms with Crippen LogP contribution in [-0.2, 0) is 9.53 Å². The Morgan fingerprint density at radius 2 is 2.05 bits per heavy atom. The van der Waals surface area contributed by atoms with E-state index < -0.39 is 11.9 Å². The molecule has 2 rings (SSSR count). The van der Waals surface area contributed by atoms with Crippen molar-refractivity contribution in [1.82, 2.24) is 14.9 Å². The van der Waals surface area contributed by atoms with Crippen LogP contribution in [0.15, 0.2) is 24.3 Å². The van der Waals surface area contributed by atoms with Crippen LogP contribution in [0, 0.1) is 0 Å². The molecule has 0 saturated heterocycles. The monoisotopic (exact) mass is 295 g/mol. The van der Waals surface area contributed by atoms with E-state index in [0.717, 1.165) is 4.68 Å². The lowest BCUT2D eigenvalue weighted by molar-refractivity contribution is -0.144. The Labute approximate surface area is 120 Å². The van der Waals surface area contributed by atoms with E-state index in [1.165, 1.54) is 0 Å². The Morgan fingerprint density at radius 3 is 2.55 bits per heavy atom. The van der Waals surface area contributed by atoms with Crippen molar-refractivity contribution in [2.45, 2.75) is 12.8 Å². The van der Waals surface area contributed by atoms with Crippen LogP contribution in [0.25, 0.3) is 0 Å². The van der Waals surface area contributed by atoms with Crippen molar-refractivity contribution in [3.8, 4) is 0 Å². The van der Waals surface area contributed by atoms with E-state index in [1.807, 2.05) is 0 Å². The third-order valence-corrected chi connectivity index (χ3v) is 2.98. The molecule has 8 heteroatoms. The van der Waals surface area contributed by atoms with Gasteiger partial charge in [0, 0.05) is 5.02 Å². The predicted octanol–water partition coefficient (Wildman–Crippen LogP) is 0.922. The number of benzene rings is 1. The number of anilines is 1. The van der Waals surface area contributed by atoms with Crippen molar-refractivity contribution < 1.29 is 9.53 Å². The molecule has 1 atom stereocenters. The van der Waals surface area contributed by atoms with Gasteiger partial charge in [0.15, 0.2) is 5.82 Å². The second-order valence-corrected chi connectivity index (χ2v) is 4.46. The van der Waals surface area contributed by atoms with Gasteiger partial charge in [0.25, 0.3) is 0 Å².